The van der Waals surface area contributed by atoms with Crippen LogP contribution in [0.1, 0.15) is 31.7 Å². The molecule has 0 aromatic heterocycles. The predicted molar refractivity (Wildman–Crippen MR) is 77.8 cm³/mol. The lowest BCUT2D eigenvalue weighted by Crippen LogP contribution is -2.49. The first-order valence-electron chi connectivity index (χ1n) is 7.20. The van der Waals surface area contributed by atoms with Gasteiger partial charge >= 0.3 is 0 Å². The van der Waals surface area contributed by atoms with Gasteiger partial charge in [-0.3, -0.25) is 14.9 Å². The van der Waals surface area contributed by atoms with Crippen molar-refractivity contribution in [2.75, 3.05) is 6.54 Å². The first-order chi connectivity index (χ1) is 10.0. The van der Waals surface area contributed by atoms with Crippen molar-refractivity contribution < 1.29 is 14.8 Å². The number of carbonyl (C=O) groups is 1. The van der Waals surface area contributed by atoms with Gasteiger partial charge < -0.3 is 10.0 Å². The first-order valence-corrected chi connectivity index (χ1v) is 7.20. The van der Waals surface area contributed by atoms with Gasteiger partial charge in [0.2, 0.25) is 5.91 Å². The van der Waals surface area contributed by atoms with Crippen LogP contribution in [-0.4, -0.2) is 39.5 Å². The number of aliphatic hydroxyl groups excluding tert-OH is 1. The minimum Gasteiger partial charge on any atom is -0.391 e. The minimum atomic E-state index is -0.583. The van der Waals surface area contributed by atoms with Gasteiger partial charge in [0.15, 0.2) is 0 Å². The van der Waals surface area contributed by atoms with Crippen LogP contribution in [0.25, 0.3) is 0 Å². The van der Waals surface area contributed by atoms with E-state index < -0.39 is 11.0 Å². The van der Waals surface area contributed by atoms with E-state index in [4.69, 9.17) is 0 Å². The molecule has 1 saturated heterocycles. The van der Waals surface area contributed by atoms with E-state index in [1.54, 1.807) is 30.0 Å². The van der Waals surface area contributed by atoms with Crippen molar-refractivity contribution in [3.05, 3.63) is 39.9 Å². The van der Waals surface area contributed by atoms with Crippen molar-refractivity contribution >= 4 is 11.6 Å². The lowest BCUT2D eigenvalue weighted by molar-refractivity contribution is -0.385. The number of piperidine rings is 1. The van der Waals surface area contributed by atoms with Crippen LogP contribution in [0, 0.1) is 10.1 Å². The molecule has 114 valence electrons. The molecule has 1 aliphatic rings. The predicted octanol–water partition coefficient (Wildman–Crippen LogP) is 1.90. The first kappa shape index (κ1) is 15.4. The minimum absolute atomic E-state index is 0.000370. The van der Waals surface area contributed by atoms with Gasteiger partial charge in [-0.2, -0.15) is 0 Å². The quantitative estimate of drug-likeness (QED) is 0.678. The molecule has 6 nitrogen and oxygen atoms in total. The topological polar surface area (TPSA) is 83.7 Å². The summed E-state index contributed by atoms with van der Waals surface area (Å²) in [6.07, 6.45) is 2.09. The number of rotatable bonds is 4. The number of nitro benzene ring substituents is 1. The molecule has 21 heavy (non-hydrogen) atoms. The third-order valence-electron chi connectivity index (χ3n) is 3.96. The van der Waals surface area contributed by atoms with Crippen LogP contribution in [0.2, 0.25) is 0 Å². The molecule has 0 bridgehead atoms. The molecule has 0 radical (unpaired) electrons. The zero-order valence-corrected chi connectivity index (χ0v) is 12.1. The number of benzene rings is 1. The number of hydrogen-bond acceptors (Lipinski definition) is 4. The highest BCUT2D eigenvalue weighted by atomic mass is 16.6. The highest BCUT2D eigenvalue weighted by Gasteiger charge is 2.30. The number of hydrogen-bond donors (Lipinski definition) is 1. The second-order valence-corrected chi connectivity index (χ2v) is 5.45. The summed E-state index contributed by atoms with van der Waals surface area (Å²) in [5, 5.41) is 20.8. The van der Waals surface area contributed by atoms with E-state index in [2.05, 4.69) is 0 Å². The van der Waals surface area contributed by atoms with Crippen LogP contribution >= 0.6 is 0 Å². The lowest BCUT2D eigenvalue weighted by atomic mass is 9.97. The van der Waals surface area contributed by atoms with E-state index in [1.807, 2.05) is 0 Å². The molecule has 1 amide bonds. The fraction of sp³-hybridized carbons (Fsp3) is 0.533. The number of para-hydroxylation sites is 1. The van der Waals surface area contributed by atoms with Crippen LogP contribution in [0.15, 0.2) is 24.3 Å². The maximum atomic E-state index is 12.4. The Morgan fingerprint density at radius 2 is 2.19 bits per heavy atom. The molecule has 2 rings (SSSR count). The van der Waals surface area contributed by atoms with Crippen molar-refractivity contribution in [2.24, 2.45) is 0 Å². The van der Waals surface area contributed by atoms with Crippen molar-refractivity contribution in [3.8, 4) is 0 Å². The molecule has 0 aliphatic carbocycles. The molecule has 1 fully saturated rings. The van der Waals surface area contributed by atoms with Gasteiger partial charge in [0.25, 0.3) is 5.69 Å². The lowest BCUT2D eigenvalue weighted by Gasteiger charge is -2.37. The van der Waals surface area contributed by atoms with Crippen molar-refractivity contribution in [2.45, 2.75) is 44.8 Å². The van der Waals surface area contributed by atoms with Crippen LogP contribution in [0.4, 0.5) is 5.69 Å². The van der Waals surface area contributed by atoms with E-state index in [0.717, 1.165) is 19.3 Å². The smallest absolute Gasteiger partial charge is 0.273 e. The SMILES string of the molecule is CC(O)C1CCCCN1C(=O)Cc1ccccc1[N+](=O)[O-]. The Hall–Kier alpha value is -1.95. The summed E-state index contributed by atoms with van der Waals surface area (Å²) < 4.78 is 0. The summed E-state index contributed by atoms with van der Waals surface area (Å²) in [5.74, 6) is -0.157. The fourth-order valence-corrected chi connectivity index (χ4v) is 2.87. The third kappa shape index (κ3) is 3.58. The van der Waals surface area contributed by atoms with E-state index in [0.29, 0.717) is 12.1 Å². The number of amides is 1. The molecule has 1 aliphatic heterocycles. The number of carbonyl (C=O) groups excluding carboxylic acids is 1. The molecule has 1 N–H and O–H groups in total. The van der Waals surface area contributed by atoms with Gasteiger partial charge in [-0.1, -0.05) is 18.2 Å². The van der Waals surface area contributed by atoms with Gasteiger partial charge in [0, 0.05) is 18.2 Å². The number of likely N-dealkylation sites (tertiary alicyclic amines) is 1. The maximum absolute atomic E-state index is 12.4. The fourth-order valence-electron chi connectivity index (χ4n) is 2.87. The van der Waals surface area contributed by atoms with Crippen LogP contribution < -0.4 is 0 Å². The van der Waals surface area contributed by atoms with Gasteiger partial charge in [-0.05, 0) is 26.2 Å². The molecule has 2 unspecified atom stereocenters. The average molecular weight is 292 g/mol. The standard InChI is InChI=1S/C15H20N2O4/c1-11(18)13-7-4-5-9-16(13)15(19)10-12-6-2-3-8-14(12)17(20)21/h2-3,6,8,11,13,18H,4-5,7,9-10H2,1H3. The van der Waals surface area contributed by atoms with Crippen LogP contribution in [0.5, 0.6) is 0 Å². The zero-order chi connectivity index (χ0) is 15.4. The van der Waals surface area contributed by atoms with E-state index in [1.165, 1.54) is 6.07 Å². The van der Waals surface area contributed by atoms with Gasteiger partial charge in [0.1, 0.15) is 0 Å². The Morgan fingerprint density at radius 3 is 2.86 bits per heavy atom. The Morgan fingerprint density at radius 1 is 1.48 bits per heavy atom. The molecule has 2 atom stereocenters. The molecule has 6 heteroatoms. The molecule has 1 heterocycles. The third-order valence-corrected chi connectivity index (χ3v) is 3.96. The molecule has 0 saturated carbocycles. The van der Waals surface area contributed by atoms with Crippen molar-refractivity contribution in [3.63, 3.8) is 0 Å². The highest BCUT2D eigenvalue weighted by molar-refractivity contribution is 5.80. The van der Waals surface area contributed by atoms with Crippen LogP contribution in [-0.2, 0) is 11.2 Å². The molecule has 1 aromatic carbocycles. The maximum Gasteiger partial charge on any atom is 0.273 e. The number of nitrogens with zero attached hydrogens (tertiary/aromatic N) is 2. The van der Waals surface area contributed by atoms with Crippen LogP contribution in [0.3, 0.4) is 0 Å². The summed E-state index contributed by atoms with van der Waals surface area (Å²) >= 11 is 0. The summed E-state index contributed by atoms with van der Waals surface area (Å²) in [5.41, 5.74) is 0.388. The number of aliphatic hydroxyl groups is 1. The highest BCUT2D eigenvalue weighted by Crippen LogP contribution is 2.23. The second-order valence-electron chi connectivity index (χ2n) is 5.45. The number of nitro groups is 1. The molecular weight excluding hydrogens is 272 g/mol. The normalized spacial score (nSPS) is 20.1. The Labute approximate surface area is 123 Å². The van der Waals surface area contributed by atoms with Crippen molar-refractivity contribution in [1.82, 2.24) is 4.90 Å². The van der Waals surface area contributed by atoms with Gasteiger partial charge in [-0.15, -0.1) is 0 Å². The summed E-state index contributed by atoms with van der Waals surface area (Å²) in [7, 11) is 0. The summed E-state index contributed by atoms with van der Waals surface area (Å²) in [6.45, 7) is 2.29. The Kier molecular flexibility index (Phi) is 4.90. The van der Waals surface area contributed by atoms with E-state index >= 15 is 0 Å². The molecule has 1 aromatic rings. The van der Waals surface area contributed by atoms with Crippen molar-refractivity contribution in [1.29, 1.82) is 0 Å². The molecule has 0 spiro atoms. The zero-order valence-electron chi connectivity index (χ0n) is 12.1. The van der Waals surface area contributed by atoms with E-state index in [-0.39, 0.29) is 24.1 Å². The van der Waals surface area contributed by atoms with Gasteiger partial charge in [0.05, 0.1) is 23.5 Å². The van der Waals surface area contributed by atoms with E-state index in [9.17, 15) is 20.0 Å². The Balaban J connectivity index is 2.15. The summed E-state index contributed by atoms with van der Waals surface area (Å²) in [4.78, 5) is 24.6. The second kappa shape index (κ2) is 6.67. The molecular formula is C15H20N2O4. The largest absolute Gasteiger partial charge is 0.391 e. The van der Waals surface area contributed by atoms with Gasteiger partial charge in [-0.25, -0.2) is 0 Å². The monoisotopic (exact) mass is 292 g/mol. The summed E-state index contributed by atoms with van der Waals surface area (Å²) in [6, 6.07) is 6.11. The average Bonchev–Trinajstić information content (AvgIpc) is 2.47. The Bertz CT molecular complexity index is 530.